The van der Waals surface area contributed by atoms with Gasteiger partial charge in [-0.25, -0.2) is 4.79 Å². The lowest BCUT2D eigenvalue weighted by Gasteiger charge is -2.34. The molecule has 0 saturated heterocycles. The minimum atomic E-state index is -1.04. The molecule has 8 nitrogen and oxygen atoms in total. The highest BCUT2D eigenvalue weighted by molar-refractivity contribution is 5.85. The number of nitro benzene ring substituents is 1. The first-order valence-electron chi connectivity index (χ1n) is 8.53. The number of carboxylic acids is 1. The second-order valence-electron chi connectivity index (χ2n) is 6.30. The van der Waals surface area contributed by atoms with Gasteiger partial charge < -0.3 is 15.3 Å². The molecule has 0 saturated carbocycles. The van der Waals surface area contributed by atoms with Gasteiger partial charge in [0.25, 0.3) is 5.69 Å². The summed E-state index contributed by atoms with van der Waals surface area (Å²) in [5.74, 6) is -1.34. The van der Waals surface area contributed by atoms with E-state index in [4.69, 9.17) is 0 Å². The minimum Gasteiger partial charge on any atom is -0.480 e. The highest BCUT2D eigenvalue weighted by Gasteiger charge is 2.34. The molecule has 2 aromatic rings. The second-order valence-corrected chi connectivity index (χ2v) is 6.30. The monoisotopic (exact) mass is 369 g/mol. The first kappa shape index (κ1) is 18.4. The molecule has 27 heavy (non-hydrogen) atoms. The van der Waals surface area contributed by atoms with Crippen LogP contribution in [0, 0.1) is 10.1 Å². The van der Waals surface area contributed by atoms with Crippen LogP contribution in [-0.4, -0.2) is 39.4 Å². The maximum absolute atomic E-state index is 12.6. The Kier molecular flexibility index (Phi) is 5.35. The number of carbonyl (C=O) groups is 2. The molecule has 3 rings (SSSR count). The third-order valence-corrected chi connectivity index (χ3v) is 4.61. The van der Waals surface area contributed by atoms with Gasteiger partial charge in [-0.1, -0.05) is 36.4 Å². The molecule has 0 radical (unpaired) electrons. The number of carbonyl (C=O) groups excluding carboxylic acids is 1. The first-order chi connectivity index (χ1) is 13.0. The van der Waals surface area contributed by atoms with E-state index in [0.717, 1.165) is 11.1 Å². The molecule has 1 aliphatic heterocycles. The van der Waals surface area contributed by atoms with Crippen molar-refractivity contribution in [3.8, 4) is 0 Å². The van der Waals surface area contributed by atoms with Gasteiger partial charge in [0.1, 0.15) is 11.7 Å². The molecule has 0 spiro atoms. The summed E-state index contributed by atoms with van der Waals surface area (Å²) in [4.78, 5) is 36.1. The summed E-state index contributed by atoms with van der Waals surface area (Å²) in [7, 11) is 0. The fourth-order valence-electron chi connectivity index (χ4n) is 3.24. The summed E-state index contributed by atoms with van der Waals surface area (Å²) in [5.41, 5.74) is 2.14. The van der Waals surface area contributed by atoms with Crippen molar-refractivity contribution in [3.05, 3.63) is 69.8 Å². The summed E-state index contributed by atoms with van der Waals surface area (Å²) in [6.07, 6.45) is 0.312. The zero-order valence-corrected chi connectivity index (χ0v) is 14.5. The van der Waals surface area contributed by atoms with Crippen LogP contribution < -0.4 is 5.32 Å². The lowest BCUT2D eigenvalue weighted by molar-refractivity contribution is -0.384. The molecule has 0 aromatic heterocycles. The fourth-order valence-corrected chi connectivity index (χ4v) is 3.24. The zero-order chi connectivity index (χ0) is 19.4. The number of carboxylic acid groups (broad SMARTS) is 1. The van der Waals surface area contributed by atoms with E-state index in [2.05, 4.69) is 5.32 Å². The van der Waals surface area contributed by atoms with Crippen molar-refractivity contribution >= 4 is 23.3 Å². The fraction of sp³-hybridized carbons (Fsp3) is 0.263. The number of hydrogen-bond acceptors (Lipinski definition) is 5. The van der Waals surface area contributed by atoms with Crippen molar-refractivity contribution in [2.75, 3.05) is 11.9 Å². The molecule has 1 amide bonds. The Hall–Kier alpha value is -3.42. The van der Waals surface area contributed by atoms with Crippen molar-refractivity contribution in [1.29, 1.82) is 0 Å². The number of hydrogen-bond donors (Lipinski definition) is 2. The Morgan fingerprint density at radius 1 is 1.15 bits per heavy atom. The molecule has 0 fully saturated rings. The molecule has 140 valence electrons. The summed E-state index contributed by atoms with van der Waals surface area (Å²) < 4.78 is 0. The lowest BCUT2D eigenvalue weighted by atomic mass is 9.93. The normalized spacial score (nSPS) is 15.7. The quantitative estimate of drug-likeness (QED) is 0.597. The van der Waals surface area contributed by atoms with E-state index in [1.54, 1.807) is 18.2 Å². The van der Waals surface area contributed by atoms with Crippen LogP contribution in [0.5, 0.6) is 0 Å². The molecule has 8 heteroatoms. The molecule has 2 aromatic carbocycles. The molecule has 1 heterocycles. The first-order valence-corrected chi connectivity index (χ1v) is 8.53. The van der Waals surface area contributed by atoms with Crippen molar-refractivity contribution in [1.82, 2.24) is 4.90 Å². The number of nitro groups is 1. The molecule has 1 atom stereocenters. The van der Waals surface area contributed by atoms with Gasteiger partial charge in [-0.15, -0.1) is 0 Å². The van der Waals surface area contributed by atoms with Crippen LogP contribution in [0.3, 0.4) is 0 Å². The number of anilines is 1. The lowest BCUT2D eigenvalue weighted by Crippen LogP contribution is -2.48. The molecule has 1 unspecified atom stereocenters. The summed E-state index contributed by atoms with van der Waals surface area (Å²) in [6.45, 7) is 0.422. The average molecular weight is 369 g/mol. The number of nitrogens with one attached hydrogen (secondary N) is 1. The predicted molar refractivity (Wildman–Crippen MR) is 98.3 cm³/mol. The van der Waals surface area contributed by atoms with Crippen molar-refractivity contribution in [2.45, 2.75) is 25.4 Å². The second kappa shape index (κ2) is 7.86. The van der Waals surface area contributed by atoms with Gasteiger partial charge in [-0.2, -0.15) is 0 Å². The van der Waals surface area contributed by atoms with Crippen molar-refractivity contribution < 1.29 is 19.6 Å². The predicted octanol–water partition coefficient (Wildman–Crippen LogP) is 2.43. The maximum Gasteiger partial charge on any atom is 0.326 e. The van der Waals surface area contributed by atoms with Crippen LogP contribution >= 0.6 is 0 Å². The highest BCUT2D eigenvalue weighted by atomic mass is 16.6. The Labute approximate surface area is 155 Å². The van der Waals surface area contributed by atoms with E-state index in [-0.39, 0.29) is 37.5 Å². The number of amides is 1. The summed E-state index contributed by atoms with van der Waals surface area (Å²) in [5, 5.41) is 23.4. The third-order valence-electron chi connectivity index (χ3n) is 4.61. The molecule has 0 aliphatic carbocycles. The van der Waals surface area contributed by atoms with Crippen molar-refractivity contribution in [2.24, 2.45) is 0 Å². The molecular formula is C19H19N3O5. The number of rotatable bonds is 6. The number of aliphatic carboxylic acids is 1. The van der Waals surface area contributed by atoms with E-state index >= 15 is 0 Å². The van der Waals surface area contributed by atoms with Crippen LogP contribution in [-0.2, 0) is 22.6 Å². The van der Waals surface area contributed by atoms with Crippen LogP contribution in [0.15, 0.2) is 48.5 Å². The van der Waals surface area contributed by atoms with Crippen LogP contribution in [0.4, 0.5) is 11.4 Å². The number of para-hydroxylation sites is 2. The van der Waals surface area contributed by atoms with Gasteiger partial charge in [0, 0.05) is 32.0 Å². The minimum absolute atomic E-state index is 0.0397. The van der Waals surface area contributed by atoms with Gasteiger partial charge in [0.05, 0.1) is 4.92 Å². The maximum atomic E-state index is 12.6. The standard InChI is InChI=1S/C19H19N3O5/c23-18(9-10-20-15-7-3-4-8-16(15)22(26)27)21-12-14-6-2-1-5-13(14)11-17(21)19(24)25/h1-8,17,20H,9-12H2,(H,24,25). The molecular weight excluding hydrogens is 350 g/mol. The molecule has 0 bridgehead atoms. The Morgan fingerprint density at radius 3 is 2.52 bits per heavy atom. The SMILES string of the molecule is O=C(O)C1Cc2ccccc2CN1C(=O)CCNc1ccccc1[N+](=O)[O-]. The van der Waals surface area contributed by atoms with E-state index in [1.165, 1.54) is 11.0 Å². The van der Waals surface area contributed by atoms with Crippen LogP contribution in [0.2, 0.25) is 0 Å². The Bertz CT molecular complexity index is 883. The van der Waals surface area contributed by atoms with Gasteiger partial charge in [0.2, 0.25) is 5.91 Å². The Balaban J connectivity index is 1.67. The molecule has 2 N–H and O–H groups in total. The Morgan fingerprint density at radius 2 is 1.81 bits per heavy atom. The van der Waals surface area contributed by atoms with Crippen LogP contribution in [0.1, 0.15) is 17.5 Å². The van der Waals surface area contributed by atoms with E-state index < -0.39 is 16.9 Å². The number of nitrogens with zero attached hydrogens (tertiary/aromatic N) is 2. The van der Waals surface area contributed by atoms with Crippen molar-refractivity contribution in [3.63, 3.8) is 0 Å². The van der Waals surface area contributed by atoms with E-state index in [0.29, 0.717) is 5.69 Å². The number of fused-ring (bicyclic) bond motifs is 1. The topological polar surface area (TPSA) is 113 Å². The summed E-state index contributed by atoms with van der Waals surface area (Å²) in [6, 6.07) is 12.8. The van der Waals surface area contributed by atoms with Gasteiger partial charge in [-0.3, -0.25) is 14.9 Å². The van der Waals surface area contributed by atoms with Gasteiger partial charge >= 0.3 is 5.97 Å². The van der Waals surface area contributed by atoms with E-state index in [1.807, 2.05) is 24.3 Å². The zero-order valence-electron chi connectivity index (χ0n) is 14.5. The smallest absolute Gasteiger partial charge is 0.326 e. The van der Waals surface area contributed by atoms with Crippen LogP contribution in [0.25, 0.3) is 0 Å². The summed E-state index contributed by atoms with van der Waals surface area (Å²) >= 11 is 0. The molecule has 1 aliphatic rings. The number of benzene rings is 2. The average Bonchev–Trinajstić information content (AvgIpc) is 2.67. The van der Waals surface area contributed by atoms with E-state index in [9.17, 15) is 24.8 Å². The van der Waals surface area contributed by atoms with Gasteiger partial charge in [-0.05, 0) is 17.2 Å². The third kappa shape index (κ3) is 4.05. The highest BCUT2D eigenvalue weighted by Crippen LogP contribution is 2.25. The van der Waals surface area contributed by atoms with Gasteiger partial charge in [0.15, 0.2) is 0 Å². The largest absolute Gasteiger partial charge is 0.480 e.